The molecule has 0 aliphatic carbocycles. The van der Waals surface area contributed by atoms with Crippen LogP contribution in [0, 0.1) is 17.2 Å². The van der Waals surface area contributed by atoms with E-state index in [1.165, 1.54) is 0 Å². The lowest BCUT2D eigenvalue weighted by Gasteiger charge is -2.29. The zero-order chi connectivity index (χ0) is 13.0. The van der Waals surface area contributed by atoms with Crippen molar-refractivity contribution in [3.8, 4) is 6.07 Å². The van der Waals surface area contributed by atoms with Crippen LogP contribution in [0.4, 0.5) is 5.69 Å². The van der Waals surface area contributed by atoms with Crippen molar-refractivity contribution >= 4 is 21.6 Å². The first kappa shape index (κ1) is 13.4. The average Bonchev–Trinajstić information content (AvgIpc) is 2.39. The molecule has 96 valence electrons. The number of rotatable bonds is 3. The Hall–Kier alpha value is -1.05. The first-order valence-electron chi connectivity index (χ1n) is 6.24. The molecule has 0 amide bonds. The Labute approximate surface area is 116 Å². The molecule has 3 nitrogen and oxygen atoms in total. The molecular formula is C14H17BrN2O. The summed E-state index contributed by atoms with van der Waals surface area (Å²) in [4.78, 5) is 0. The highest BCUT2D eigenvalue weighted by molar-refractivity contribution is 9.10. The van der Waals surface area contributed by atoms with E-state index in [2.05, 4.69) is 34.2 Å². The molecule has 1 aromatic rings. The molecular weight excluding hydrogens is 292 g/mol. The second kappa shape index (κ2) is 6.21. The van der Waals surface area contributed by atoms with Crippen molar-refractivity contribution in [3.63, 3.8) is 0 Å². The predicted octanol–water partition coefficient (Wildman–Crippen LogP) is 3.55. The Morgan fingerprint density at radius 2 is 2.11 bits per heavy atom. The van der Waals surface area contributed by atoms with Crippen LogP contribution < -0.4 is 5.32 Å². The molecule has 0 saturated carbocycles. The van der Waals surface area contributed by atoms with Gasteiger partial charge in [0.25, 0.3) is 0 Å². The van der Waals surface area contributed by atoms with E-state index in [0.29, 0.717) is 17.5 Å². The molecule has 1 N–H and O–H groups in total. The van der Waals surface area contributed by atoms with Crippen LogP contribution in [0.25, 0.3) is 0 Å². The van der Waals surface area contributed by atoms with Crippen molar-refractivity contribution in [2.75, 3.05) is 18.5 Å². The number of anilines is 1. The highest BCUT2D eigenvalue weighted by Gasteiger charge is 2.20. The van der Waals surface area contributed by atoms with E-state index in [-0.39, 0.29) is 0 Å². The number of hydrogen-bond acceptors (Lipinski definition) is 3. The standard InChI is InChI=1S/C14H17BrN2O/c1-10(12-2-4-18-5-3-12)17-14-7-11(9-16)6-13(15)8-14/h6-8,10,12,17H,2-5H2,1H3. The molecule has 1 aromatic carbocycles. The van der Waals surface area contributed by atoms with Crippen molar-refractivity contribution in [2.45, 2.75) is 25.8 Å². The number of ether oxygens (including phenoxy) is 1. The van der Waals surface area contributed by atoms with E-state index >= 15 is 0 Å². The summed E-state index contributed by atoms with van der Waals surface area (Å²) in [5.74, 6) is 0.642. The normalized spacial score (nSPS) is 18.1. The van der Waals surface area contributed by atoms with Gasteiger partial charge in [-0.2, -0.15) is 5.26 Å². The lowest BCUT2D eigenvalue weighted by molar-refractivity contribution is 0.0622. The van der Waals surface area contributed by atoms with Gasteiger partial charge in [0.1, 0.15) is 0 Å². The van der Waals surface area contributed by atoms with Gasteiger partial charge in [0.05, 0.1) is 11.6 Å². The molecule has 0 bridgehead atoms. The number of nitrogens with zero attached hydrogens (tertiary/aromatic N) is 1. The van der Waals surface area contributed by atoms with Crippen LogP contribution in [0.5, 0.6) is 0 Å². The Morgan fingerprint density at radius 3 is 2.78 bits per heavy atom. The third kappa shape index (κ3) is 3.47. The second-order valence-electron chi connectivity index (χ2n) is 4.72. The highest BCUT2D eigenvalue weighted by atomic mass is 79.9. The van der Waals surface area contributed by atoms with Gasteiger partial charge in [0.15, 0.2) is 0 Å². The third-order valence-corrected chi connectivity index (χ3v) is 3.85. The van der Waals surface area contributed by atoms with E-state index in [0.717, 1.165) is 36.2 Å². The quantitative estimate of drug-likeness (QED) is 0.929. The smallest absolute Gasteiger partial charge is 0.0992 e. The molecule has 1 unspecified atom stereocenters. The summed E-state index contributed by atoms with van der Waals surface area (Å²) < 4.78 is 6.31. The fraction of sp³-hybridized carbons (Fsp3) is 0.500. The second-order valence-corrected chi connectivity index (χ2v) is 5.64. The van der Waals surface area contributed by atoms with Crippen LogP contribution in [0.1, 0.15) is 25.3 Å². The molecule has 1 atom stereocenters. The summed E-state index contributed by atoms with van der Waals surface area (Å²) in [7, 11) is 0. The van der Waals surface area contributed by atoms with Gasteiger partial charge in [-0.15, -0.1) is 0 Å². The number of hydrogen-bond donors (Lipinski definition) is 1. The Bertz CT molecular complexity index is 450. The van der Waals surface area contributed by atoms with E-state index < -0.39 is 0 Å². The van der Waals surface area contributed by atoms with Crippen molar-refractivity contribution < 1.29 is 4.74 Å². The van der Waals surface area contributed by atoms with Gasteiger partial charge in [0, 0.05) is 29.4 Å². The minimum atomic E-state index is 0.398. The molecule has 0 spiro atoms. The molecule has 0 radical (unpaired) electrons. The van der Waals surface area contributed by atoms with Crippen molar-refractivity contribution in [3.05, 3.63) is 28.2 Å². The fourth-order valence-corrected chi connectivity index (χ4v) is 2.83. The summed E-state index contributed by atoms with van der Waals surface area (Å²) >= 11 is 3.43. The van der Waals surface area contributed by atoms with Crippen LogP contribution in [0.2, 0.25) is 0 Å². The topological polar surface area (TPSA) is 45.0 Å². The highest BCUT2D eigenvalue weighted by Crippen LogP contribution is 2.24. The predicted molar refractivity (Wildman–Crippen MR) is 75.5 cm³/mol. The molecule has 4 heteroatoms. The van der Waals surface area contributed by atoms with Crippen molar-refractivity contribution in [2.24, 2.45) is 5.92 Å². The maximum absolute atomic E-state index is 8.95. The summed E-state index contributed by atoms with van der Waals surface area (Å²) in [5, 5.41) is 12.4. The van der Waals surface area contributed by atoms with Gasteiger partial charge in [0.2, 0.25) is 0 Å². The first-order chi connectivity index (χ1) is 8.69. The van der Waals surface area contributed by atoms with E-state index in [9.17, 15) is 0 Å². The number of nitriles is 1. The van der Waals surface area contributed by atoms with Crippen molar-refractivity contribution in [1.29, 1.82) is 5.26 Å². The summed E-state index contributed by atoms with van der Waals surface area (Å²) in [5.41, 5.74) is 1.67. The average molecular weight is 309 g/mol. The number of benzene rings is 1. The van der Waals surface area contributed by atoms with Crippen LogP contribution in [-0.4, -0.2) is 19.3 Å². The largest absolute Gasteiger partial charge is 0.382 e. The van der Waals surface area contributed by atoms with Crippen LogP contribution in [-0.2, 0) is 4.74 Å². The lowest BCUT2D eigenvalue weighted by Crippen LogP contribution is -2.30. The first-order valence-corrected chi connectivity index (χ1v) is 7.03. The minimum Gasteiger partial charge on any atom is -0.382 e. The van der Waals surface area contributed by atoms with E-state index in [1.54, 1.807) is 0 Å². The minimum absolute atomic E-state index is 0.398. The van der Waals surface area contributed by atoms with E-state index in [1.807, 2.05) is 18.2 Å². The van der Waals surface area contributed by atoms with E-state index in [4.69, 9.17) is 10.00 Å². The number of halogens is 1. The SMILES string of the molecule is CC(Nc1cc(Br)cc(C#N)c1)C1CCOCC1. The molecule has 18 heavy (non-hydrogen) atoms. The molecule has 1 heterocycles. The van der Waals surface area contributed by atoms with Crippen LogP contribution in [0.3, 0.4) is 0 Å². The molecule has 1 fully saturated rings. The van der Waals surface area contributed by atoms with Crippen molar-refractivity contribution in [1.82, 2.24) is 0 Å². The maximum Gasteiger partial charge on any atom is 0.0992 e. The molecule has 1 saturated heterocycles. The molecule has 1 aliphatic heterocycles. The number of nitrogens with one attached hydrogen (secondary N) is 1. The van der Waals surface area contributed by atoms with Gasteiger partial charge < -0.3 is 10.1 Å². The Morgan fingerprint density at radius 1 is 1.39 bits per heavy atom. The summed E-state index contributed by atoms with van der Waals surface area (Å²) in [6.07, 6.45) is 2.21. The zero-order valence-corrected chi connectivity index (χ0v) is 12.0. The lowest BCUT2D eigenvalue weighted by atomic mass is 9.93. The maximum atomic E-state index is 8.95. The molecule has 2 rings (SSSR count). The van der Waals surface area contributed by atoms with Gasteiger partial charge in [-0.3, -0.25) is 0 Å². The van der Waals surface area contributed by atoms with Crippen LogP contribution in [0.15, 0.2) is 22.7 Å². The van der Waals surface area contributed by atoms with Gasteiger partial charge in [-0.1, -0.05) is 15.9 Å². The fourth-order valence-electron chi connectivity index (χ4n) is 2.33. The van der Waals surface area contributed by atoms with Gasteiger partial charge in [-0.25, -0.2) is 0 Å². The van der Waals surface area contributed by atoms with Crippen LogP contribution >= 0.6 is 15.9 Å². The monoisotopic (exact) mass is 308 g/mol. The summed E-state index contributed by atoms with van der Waals surface area (Å²) in [6.45, 7) is 3.92. The molecule has 0 aromatic heterocycles. The summed E-state index contributed by atoms with van der Waals surface area (Å²) in [6, 6.07) is 8.29. The Kier molecular flexibility index (Phi) is 4.62. The van der Waals surface area contributed by atoms with Gasteiger partial charge >= 0.3 is 0 Å². The Balaban J connectivity index is 2.04. The van der Waals surface area contributed by atoms with Gasteiger partial charge in [-0.05, 0) is 43.9 Å². The third-order valence-electron chi connectivity index (χ3n) is 3.39. The molecule has 1 aliphatic rings. The zero-order valence-electron chi connectivity index (χ0n) is 10.4.